The lowest BCUT2D eigenvalue weighted by Crippen LogP contribution is -2.49. The van der Waals surface area contributed by atoms with Gasteiger partial charge in [-0.15, -0.1) is 0 Å². The van der Waals surface area contributed by atoms with Crippen molar-refractivity contribution < 1.29 is 9.59 Å². The summed E-state index contributed by atoms with van der Waals surface area (Å²) in [6.45, 7) is 1.85. The molecule has 6 nitrogen and oxygen atoms in total. The first kappa shape index (κ1) is 18.9. The Bertz CT molecular complexity index is 784. The third-order valence-corrected chi connectivity index (χ3v) is 5.11. The maximum absolute atomic E-state index is 13.2. The van der Waals surface area contributed by atoms with E-state index in [4.69, 9.17) is 5.73 Å². The highest BCUT2D eigenvalue weighted by atomic mass is 16.2. The molecule has 2 N–H and O–H groups in total. The van der Waals surface area contributed by atoms with E-state index in [0.29, 0.717) is 17.1 Å². The number of carbonyl (C=O) groups is 2. The van der Waals surface area contributed by atoms with E-state index in [2.05, 4.69) is 11.9 Å². The molecule has 1 aliphatic rings. The van der Waals surface area contributed by atoms with Crippen molar-refractivity contribution in [3.8, 4) is 0 Å². The highest BCUT2D eigenvalue weighted by molar-refractivity contribution is 6.42. The number of nitrogens with two attached hydrogens (primary N) is 1. The number of carbonyl (C=O) groups excluding carboxylic acids is 2. The van der Waals surface area contributed by atoms with Crippen molar-refractivity contribution in [1.82, 2.24) is 9.80 Å². The van der Waals surface area contributed by atoms with Crippen LogP contribution in [0.3, 0.4) is 0 Å². The fraction of sp³-hybridized carbons (Fsp3) is 0.333. The molecule has 1 fully saturated rings. The van der Waals surface area contributed by atoms with Gasteiger partial charge < -0.3 is 15.5 Å². The van der Waals surface area contributed by atoms with Crippen LogP contribution in [0.25, 0.3) is 0 Å². The van der Waals surface area contributed by atoms with E-state index in [0.717, 1.165) is 25.9 Å². The lowest BCUT2D eigenvalue weighted by Gasteiger charge is -2.35. The van der Waals surface area contributed by atoms with E-state index in [-0.39, 0.29) is 6.04 Å². The summed E-state index contributed by atoms with van der Waals surface area (Å²) in [7, 11) is 3.80. The number of amides is 2. The van der Waals surface area contributed by atoms with E-state index in [9.17, 15) is 9.59 Å². The Labute approximate surface area is 160 Å². The predicted molar refractivity (Wildman–Crippen MR) is 108 cm³/mol. The van der Waals surface area contributed by atoms with Crippen LogP contribution < -0.4 is 10.6 Å². The quantitative estimate of drug-likeness (QED) is 0.669. The highest BCUT2D eigenvalue weighted by Gasteiger charge is 2.32. The number of rotatable bonds is 3. The van der Waals surface area contributed by atoms with Crippen molar-refractivity contribution >= 4 is 28.9 Å². The lowest BCUT2D eigenvalue weighted by molar-refractivity contribution is -0.145. The summed E-state index contributed by atoms with van der Waals surface area (Å²) in [5.41, 5.74) is 7.65. The molecule has 2 aromatic rings. The molecule has 0 atom stereocenters. The van der Waals surface area contributed by atoms with Crippen LogP contribution in [-0.4, -0.2) is 54.8 Å². The zero-order valence-corrected chi connectivity index (χ0v) is 15.8. The lowest BCUT2D eigenvalue weighted by atomic mass is 10.0. The van der Waals surface area contributed by atoms with E-state index in [1.807, 2.05) is 30.3 Å². The maximum atomic E-state index is 13.2. The Morgan fingerprint density at radius 1 is 0.926 bits per heavy atom. The van der Waals surface area contributed by atoms with Crippen molar-refractivity contribution in [1.29, 1.82) is 0 Å². The smallest absolute Gasteiger partial charge is 0.321 e. The molecule has 0 bridgehead atoms. The summed E-state index contributed by atoms with van der Waals surface area (Å²) < 4.78 is 0. The Hall–Kier alpha value is -2.86. The van der Waals surface area contributed by atoms with Crippen molar-refractivity contribution in [2.75, 3.05) is 37.8 Å². The molecule has 1 aliphatic heterocycles. The first-order chi connectivity index (χ1) is 13.0. The van der Waals surface area contributed by atoms with Gasteiger partial charge in [0.1, 0.15) is 0 Å². The summed E-state index contributed by atoms with van der Waals surface area (Å²) in [6, 6.07) is 16.2. The molecule has 1 saturated heterocycles. The molecule has 0 spiro atoms. The van der Waals surface area contributed by atoms with E-state index in [1.165, 1.54) is 4.90 Å². The van der Waals surface area contributed by atoms with Gasteiger partial charge in [0.25, 0.3) is 0 Å². The fourth-order valence-electron chi connectivity index (χ4n) is 3.38. The number of likely N-dealkylation sites (tertiary alicyclic amines) is 1. The molecular formula is C21H26N4O2. The minimum atomic E-state index is -0.563. The molecule has 2 amide bonds. The number of piperidine rings is 1. The number of hydrogen-bond acceptors (Lipinski definition) is 4. The van der Waals surface area contributed by atoms with E-state index in [1.54, 1.807) is 36.2 Å². The Morgan fingerprint density at radius 3 is 2.07 bits per heavy atom. The first-order valence-corrected chi connectivity index (χ1v) is 9.17. The molecule has 2 aromatic carbocycles. The van der Waals surface area contributed by atoms with Crippen LogP contribution in [0, 0.1) is 0 Å². The second-order valence-electron chi connectivity index (χ2n) is 7.02. The number of likely N-dealkylation sites (N-methyl/N-ethyl adjacent to an activating group) is 1. The molecule has 142 valence electrons. The normalized spacial score (nSPS) is 15.3. The summed E-state index contributed by atoms with van der Waals surface area (Å²) >= 11 is 0. The fourth-order valence-corrected chi connectivity index (χ4v) is 3.38. The van der Waals surface area contributed by atoms with E-state index >= 15 is 0 Å². The van der Waals surface area contributed by atoms with Gasteiger partial charge in [0.2, 0.25) is 0 Å². The third kappa shape index (κ3) is 4.28. The minimum absolute atomic E-state index is 0.0849. The van der Waals surface area contributed by atoms with Gasteiger partial charge in [0.05, 0.1) is 0 Å². The molecule has 0 saturated carbocycles. The molecule has 27 heavy (non-hydrogen) atoms. The van der Waals surface area contributed by atoms with Crippen LogP contribution in [-0.2, 0) is 9.59 Å². The number of hydrogen-bond donors (Lipinski definition) is 1. The summed E-state index contributed by atoms with van der Waals surface area (Å²) in [6.07, 6.45) is 1.75. The van der Waals surface area contributed by atoms with Crippen molar-refractivity contribution in [2.24, 2.45) is 0 Å². The van der Waals surface area contributed by atoms with Crippen LogP contribution >= 0.6 is 0 Å². The predicted octanol–water partition coefficient (Wildman–Crippen LogP) is 2.49. The van der Waals surface area contributed by atoms with Crippen molar-refractivity contribution in [2.45, 2.75) is 18.9 Å². The van der Waals surface area contributed by atoms with Crippen LogP contribution in [0.2, 0.25) is 0 Å². The average molecular weight is 366 g/mol. The molecule has 0 aliphatic carbocycles. The van der Waals surface area contributed by atoms with Gasteiger partial charge in [-0.25, -0.2) is 0 Å². The first-order valence-electron chi connectivity index (χ1n) is 9.17. The van der Waals surface area contributed by atoms with Gasteiger partial charge in [0, 0.05) is 30.2 Å². The summed E-state index contributed by atoms with van der Waals surface area (Å²) in [4.78, 5) is 31.4. The molecule has 0 aromatic heterocycles. The van der Waals surface area contributed by atoms with Gasteiger partial charge in [-0.2, -0.15) is 0 Å². The maximum Gasteiger partial charge on any atom is 0.321 e. The molecule has 0 radical (unpaired) electrons. The van der Waals surface area contributed by atoms with Gasteiger partial charge >= 0.3 is 11.8 Å². The van der Waals surface area contributed by atoms with Crippen LogP contribution in [0.15, 0.2) is 54.6 Å². The van der Waals surface area contributed by atoms with Gasteiger partial charge in [-0.3, -0.25) is 14.5 Å². The van der Waals surface area contributed by atoms with Crippen LogP contribution in [0.4, 0.5) is 17.1 Å². The second kappa shape index (κ2) is 8.22. The molecule has 0 unspecified atom stereocenters. The molecular weight excluding hydrogens is 340 g/mol. The number of nitrogens with zero attached hydrogens (tertiary/aromatic N) is 3. The number of benzene rings is 2. The van der Waals surface area contributed by atoms with Gasteiger partial charge in [0.15, 0.2) is 0 Å². The minimum Gasteiger partial charge on any atom is -0.399 e. The zero-order chi connectivity index (χ0) is 19.4. The zero-order valence-electron chi connectivity index (χ0n) is 15.8. The number of para-hydroxylation sites is 1. The Balaban J connectivity index is 1.86. The van der Waals surface area contributed by atoms with Crippen LogP contribution in [0.1, 0.15) is 12.8 Å². The van der Waals surface area contributed by atoms with E-state index < -0.39 is 11.8 Å². The topological polar surface area (TPSA) is 69.9 Å². The monoisotopic (exact) mass is 366 g/mol. The highest BCUT2D eigenvalue weighted by Crippen LogP contribution is 2.27. The van der Waals surface area contributed by atoms with Gasteiger partial charge in [-0.05, 0) is 69.4 Å². The Kier molecular flexibility index (Phi) is 5.76. The average Bonchev–Trinajstić information content (AvgIpc) is 2.70. The third-order valence-electron chi connectivity index (χ3n) is 5.11. The molecule has 3 rings (SSSR count). The Morgan fingerprint density at radius 2 is 1.48 bits per heavy atom. The SMILES string of the molecule is CN1CCC(N(C)C(=O)C(=O)N(c2ccccc2)c2ccc(N)cc2)CC1. The van der Waals surface area contributed by atoms with Gasteiger partial charge in [-0.1, -0.05) is 18.2 Å². The summed E-state index contributed by atoms with van der Waals surface area (Å²) in [5, 5.41) is 0. The second-order valence-corrected chi connectivity index (χ2v) is 7.02. The standard InChI is InChI=1S/C21H26N4O2/c1-23-14-12-17(13-15-23)24(2)20(26)21(27)25(18-6-4-3-5-7-18)19-10-8-16(22)9-11-19/h3-11,17H,12-15,22H2,1-2H3. The van der Waals surface area contributed by atoms with Crippen molar-refractivity contribution in [3.05, 3.63) is 54.6 Å². The van der Waals surface area contributed by atoms with Crippen LogP contribution in [0.5, 0.6) is 0 Å². The molecule has 6 heteroatoms. The largest absolute Gasteiger partial charge is 0.399 e. The van der Waals surface area contributed by atoms with Crippen molar-refractivity contribution in [3.63, 3.8) is 0 Å². The summed E-state index contributed by atoms with van der Waals surface area (Å²) in [5.74, 6) is -1.06. The number of anilines is 3. The molecule has 1 heterocycles. The number of nitrogen functional groups attached to an aromatic ring is 1.